The molecule has 2 fully saturated rings. The Balaban J connectivity index is 1.58. The molecule has 3 nitrogen and oxygen atoms in total. The lowest BCUT2D eigenvalue weighted by Crippen LogP contribution is -2.44. The van der Waals surface area contributed by atoms with Crippen LogP contribution >= 0.6 is 0 Å². The molecule has 1 saturated carbocycles. The first-order valence-electron chi connectivity index (χ1n) is 8.75. The second-order valence-corrected chi connectivity index (χ2v) is 6.81. The van der Waals surface area contributed by atoms with E-state index in [9.17, 15) is 4.79 Å². The molecule has 2 heterocycles. The van der Waals surface area contributed by atoms with E-state index in [0.717, 1.165) is 17.9 Å². The Labute approximate surface area is 137 Å². The summed E-state index contributed by atoms with van der Waals surface area (Å²) in [5.41, 5.74) is 0.303. The molecular formula is C20H23NO2. The highest BCUT2D eigenvalue weighted by atomic mass is 16.5. The van der Waals surface area contributed by atoms with E-state index in [4.69, 9.17) is 4.74 Å². The maximum absolute atomic E-state index is 12.4. The molecule has 1 amide bonds. The van der Waals surface area contributed by atoms with Crippen LogP contribution in [-0.4, -0.2) is 11.6 Å². The summed E-state index contributed by atoms with van der Waals surface area (Å²) in [6.45, 7) is 0. The van der Waals surface area contributed by atoms with E-state index in [-0.39, 0.29) is 5.91 Å². The number of hydrogen-bond donors (Lipinski definition) is 0. The highest BCUT2D eigenvalue weighted by Gasteiger charge is 2.49. The van der Waals surface area contributed by atoms with Crippen LogP contribution in [0, 0.1) is 5.92 Å². The molecule has 120 valence electrons. The maximum atomic E-state index is 12.4. The average molecular weight is 309 g/mol. The maximum Gasteiger partial charge on any atom is 0.230 e. The van der Waals surface area contributed by atoms with Gasteiger partial charge in [-0.15, -0.1) is 0 Å². The number of benzene rings is 1. The average Bonchev–Trinajstić information content (AvgIpc) is 3.13. The highest BCUT2D eigenvalue weighted by Crippen LogP contribution is 2.42. The minimum absolute atomic E-state index is 0.139. The monoisotopic (exact) mass is 309 g/mol. The summed E-state index contributed by atoms with van der Waals surface area (Å²) in [5.74, 6) is 1.70. The number of amides is 1. The van der Waals surface area contributed by atoms with Crippen molar-refractivity contribution in [2.75, 3.05) is 4.90 Å². The number of carbonyl (C=O) groups is 1. The van der Waals surface area contributed by atoms with E-state index in [0.29, 0.717) is 12.3 Å². The van der Waals surface area contributed by atoms with Crippen LogP contribution in [0.1, 0.15) is 44.9 Å². The first-order chi connectivity index (χ1) is 11.3. The molecule has 0 radical (unpaired) electrons. The van der Waals surface area contributed by atoms with Gasteiger partial charge in [0.15, 0.2) is 0 Å². The molecule has 1 atom stereocenters. The predicted molar refractivity (Wildman–Crippen MR) is 90.8 cm³/mol. The van der Waals surface area contributed by atoms with Crippen molar-refractivity contribution in [3.8, 4) is 0 Å². The largest absolute Gasteiger partial charge is 0.464 e. The lowest BCUT2D eigenvalue weighted by molar-refractivity contribution is -0.118. The third-order valence-electron chi connectivity index (χ3n) is 5.19. The Morgan fingerprint density at radius 1 is 1.13 bits per heavy atom. The van der Waals surface area contributed by atoms with Gasteiger partial charge in [-0.05, 0) is 49.1 Å². The lowest BCUT2D eigenvalue weighted by Gasteiger charge is -2.33. The summed E-state index contributed by atoms with van der Waals surface area (Å²) in [5, 5.41) is 0. The van der Waals surface area contributed by atoms with Crippen molar-refractivity contribution in [3.05, 3.63) is 54.3 Å². The summed E-state index contributed by atoms with van der Waals surface area (Å²) < 4.78 is 6.31. The minimum atomic E-state index is -0.612. The van der Waals surface area contributed by atoms with E-state index in [1.54, 1.807) is 0 Å². The Bertz CT molecular complexity index is 643. The van der Waals surface area contributed by atoms with Crippen molar-refractivity contribution in [3.63, 3.8) is 0 Å². The van der Waals surface area contributed by atoms with E-state index < -0.39 is 5.72 Å². The molecule has 0 aromatic heterocycles. The normalized spacial score (nSPS) is 29.7. The topological polar surface area (TPSA) is 29.5 Å². The van der Waals surface area contributed by atoms with E-state index in [1.807, 2.05) is 35.2 Å². The van der Waals surface area contributed by atoms with Crippen LogP contribution in [0.2, 0.25) is 0 Å². The minimum Gasteiger partial charge on any atom is -0.464 e. The van der Waals surface area contributed by atoms with Gasteiger partial charge in [0, 0.05) is 18.5 Å². The molecule has 23 heavy (non-hydrogen) atoms. The lowest BCUT2D eigenvalue weighted by atomic mass is 9.89. The number of ether oxygens (including phenoxy) is 1. The van der Waals surface area contributed by atoms with Crippen LogP contribution in [0.4, 0.5) is 5.69 Å². The van der Waals surface area contributed by atoms with Gasteiger partial charge in [-0.1, -0.05) is 37.5 Å². The second kappa shape index (κ2) is 5.88. The van der Waals surface area contributed by atoms with Crippen molar-refractivity contribution in [2.24, 2.45) is 5.92 Å². The number of para-hydroxylation sites is 1. The molecule has 3 heteroatoms. The molecule has 0 bridgehead atoms. The zero-order chi connectivity index (χ0) is 15.7. The zero-order valence-electron chi connectivity index (χ0n) is 13.4. The van der Waals surface area contributed by atoms with Gasteiger partial charge in [0.05, 0.1) is 0 Å². The van der Waals surface area contributed by atoms with Gasteiger partial charge in [-0.2, -0.15) is 0 Å². The fraction of sp³-hybridized carbons (Fsp3) is 0.450. The number of hydrogen-bond acceptors (Lipinski definition) is 2. The Kier molecular flexibility index (Phi) is 3.72. The standard InChI is InChI=1S/C20H23NO2/c22-19-12-14-20(21(19)17-9-5-2-6-10-17)13-11-18(23-20)15-16-7-3-1-4-8-16/h2,5-6,9-11,13,15-16H,1,3-4,7-8,12,14H2/b18-15-/t20-/m0/s1. The number of carbonyl (C=O) groups excluding carboxylic acids is 1. The molecule has 0 N–H and O–H groups in total. The van der Waals surface area contributed by atoms with Gasteiger partial charge in [-0.3, -0.25) is 9.69 Å². The summed E-state index contributed by atoms with van der Waals surface area (Å²) in [6.07, 6.45) is 14.2. The Hall–Kier alpha value is -2.03. The van der Waals surface area contributed by atoms with Gasteiger partial charge >= 0.3 is 0 Å². The first kappa shape index (κ1) is 14.6. The summed E-state index contributed by atoms with van der Waals surface area (Å²) in [7, 11) is 0. The van der Waals surface area contributed by atoms with E-state index >= 15 is 0 Å². The summed E-state index contributed by atoms with van der Waals surface area (Å²) >= 11 is 0. The molecule has 1 aliphatic carbocycles. The fourth-order valence-corrected chi connectivity index (χ4v) is 4.02. The number of rotatable bonds is 2. The van der Waals surface area contributed by atoms with Crippen molar-refractivity contribution in [1.82, 2.24) is 0 Å². The highest BCUT2D eigenvalue weighted by molar-refractivity contribution is 5.97. The molecule has 1 saturated heterocycles. The molecule has 0 unspecified atom stereocenters. The first-order valence-corrected chi connectivity index (χ1v) is 8.75. The molecule has 1 spiro atoms. The van der Waals surface area contributed by atoms with Gasteiger partial charge in [0.25, 0.3) is 0 Å². The molecule has 4 rings (SSSR count). The van der Waals surface area contributed by atoms with Gasteiger partial charge < -0.3 is 4.74 Å². The third kappa shape index (κ3) is 2.69. The van der Waals surface area contributed by atoms with Crippen LogP contribution in [0.5, 0.6) is 0 Å². The van der Waals surface area contributed by atoms with Gasteiger partial charge in [0.1, 0.15) is 5.76 Å². The molecule has 3 aliphatic rings. The van der Waals surface area contributed by atoms with Gasteiger partial charge in [-0.25, -0.2) is 0 Å². The van der Waals surface area contributed by atoms with Crippen LogP contribution < -0.4 is 4.90 Å². The van der Waals surface area contributed by atoms with E-state index in [2.05, 4.69) is 18.2 Å². The third-order valence-corrected chi connectivity index (χ3v) is 5.19. The van der Waals surface area contributed by atoms with Crippen molar-refractivity contribution in [1.29, 1.82) is 0 Å². The van der Waals surface area contributed by atoms with E-state index in [1.165, 1.54) is 32.1 Å². The quantitative estimate of drug-likeness (QED) is 0.801. The van der Waals surface area contributed by atoms with Crippen LogP contribution in [0.3, 0.4) is 0 Å². The fourth-order valence-electron chi connectivity index (χ4n) is 4.02. The van der Waals surface area contributed by atoms with Gasteiger partial charge in [0.2, 0.25) is 11.6 Å². The van der Waals surface area contributed by atoms with Crippen molar-refractivity contribution >= 4 is 11.6 Å². The number of nitrogens with zero attached hydrogens (tertiary/aromatic N) is 1. The van der Waals surface area contributed by atoms with Crippen LogP contribution in [0.25, 0.3) is 0 Å². The summed E-state index contributed by atoms with van der Waals surface area (Å²) in [6, 6.07) is 9.85. The van der Waals surface area contributed by atoms with Crippen LogP contribution in [0.15, 0.2) is 54.3 Å². The Morgan fingerprint density at radius 3 is 2.70 bits per heavy atom. The molecule has 1 aromatic rings. The molecular weight excluding hydrogens is 286 g/mol. The van der Waals surface area contributed by atoms with Crippen molar-refractivity contribution < 1.29 is 9.53 Å². The second-order valence-electron chi connectivity index (χ2n) is 6.81. The van der Waals surface area contributed by atoms with Crippen LogP contribution in [-0.2, 0) is 9.53 Å². The molecule has 1 aromatic carbocycles. The zero-order valence-corrected chi connectivity index (χ0v) is 13.4. The predicted octanol–water partition coefficient (Wildman–Crippen LogP) is 4.56. The molecule has 2 aliphatic heterocycles. The Morgan fingerprint density at radius 2 is 1.91 bits per heavy atom. The smallest absolute Gasteiger partial charge is 0.230 e. The summed E-state index contributed by atoms with van der Waals surface area (Å²) in [4.78, 5) is 14.2. The number of anilines is 1. The van der Waals surface area contributed by atoms with Crippen molar-refractivity contribution in [2.45, 2.75) is 50.7 Å². The number of allylic oxidation sites excluding steroid dienone is 2. The SMILES string of the molecule is O=C1CC[C@@]2(C=C/C(=C/C3CCCCC3)O2)N1c1ccccc1.